The fraction of sp³-hybridized carbons (Fsp3) is 0.214. The number of nitrogens with zero attached hydrogens (tertiary/aromatic N) is 3. The van der Waals surface area contributed by atoms with Crippen molar-refractivity contribution in [3.63, 3.8) is 0 Å². The van der Waals surface area contributed by atoms with Crippen molar-refractivity contribution in [3.05, 3.63) is 46.0 Å². The van der Waals surface area contributed by atoms with Crippen LogP contribution in [0.3, 0.4) is 0 Å². The topological polar surface area (TPSA) is 68.4 Å². The third-order valence-electron chi connectivity index (χ3n) is 3.41. The van der Waals surface area contributed by atoms with Gasteiger partial charge >= 0.3 is 0 Å². The Labute approximate surface area is 114 Å². The van der Waals surface area contributed by atoms with Crippen LogP contribution in [0.15, 0.2) is 29.2 Å². The lowest BCUT2D eigenvalue weighted by Gasteiger charge is -2.04. The van der Waals surface area contributed by atoms with Gasteiger partial charge in [-0.05, 0) is 24.6 Å². The molecular weight excluding hydrogens is 256 g/mol. The maximum atomic E-state index is 12.5. The van der Waals surface area contributed by atoms with E-state index in [1.54, 1.807) is 37.0 Å². The summed E-state index contributed by atoms with van der Waals surface area (Å²) in [5, 5.41) is 3.00. The van der Waals surface area contributed by atoms with Crippen molar-refractivity contribution in [2.45, 2.75) is 6.92 Å². The van der Waals surface area contributed by atoms with E-state index in [1.807, 2.05) is 13.0 Å². The van der Waals surface area contributed by atoms with Crippen molar-refractivity contribution in [3.8, 4) is 0 Å². The fourth-order valence-electron chi connectivity index (χ4n) is 2.32. The third kappa shape index (κ3) is 1.61. The highest BCUT2D eigenvalue weighted by molar-refractivity contribution is 5.97. The van der Waals surface area contributed by atoms with Gasteiger partial charge in [0.1, 0.15) is 17.0 Å². The Hall–Kier alpha value is -2.63. The number of aryl methyl sites for hydroxylation is 2. The molecule has 0 aromatic carbocycles. The molecule has 0 saturated carbocycles. The zero-order chi connectivity index (χ0) is 14.4. The quantitative estimate of drug-likeness (QED) is 0.713. The van der Waals surface area contributed by atoms with E-state index < -0.39 is 0 Å². The Balaban J connectivity index is 2.46. The molecule has 6 heteroatoms. The van der Waals surface area contributed by atoms with Crippen molar-refractivity contribution in [1.29, 1.82) is 0 Å². The first-order chi connectivity index (χ1) is 9.52. The van der Waals surface area contributed by atoms with Crippen LogP contribution in [-0.4, -0.2) is 26.9 Å². The molecule has 0 radical (unpaired) electrons. The molecular formula is C14H14N4O2. The highest BCUT2D eigenvalue weighted by Crippen LogP contribution is 2.15. The highest BCUT2D eigenvalue weighted by atomic mass is 16.2. The summed E-state index contributed by atoms with van der Waals surface area (Å²) in [6, 6.07) is 5.28. The van der Waals surface area contributed by atoms with Crippen LogP contribution in [0.5, 0.6) is 0 Å². The standard InChI is InChI=1S/C14H14N4O2/c1-8-4-5-11-16-12-9(14(20)18(11)7-8)6-10(17(12)3)13(19)15-2/h4-7H,1-3H3,(H,15,19). The molecule has 0 spiro atoms. The Morgan fingerprint density at radius 2 is 2.10 bits per heavy atom. The van der Waals surface area contributed by atoms with Gasteiger partial charge in [-0.15, -0.1) is 0 Å². The number of aromatic nitrogens is 3. The van der Waals surface area contributed by atoms with Gasteiger partial charge in [-0.2, -0.15) is 0 Å². The molecule has 0 aliphatic heterocycles. The van der Waals surface area contributed by atoms with E-state index in [4.69, 9.17) is 0 Å². The zero-order valence-electron chi connectivity index (χ0n) is 11.5. The van der Waals surface area contributed by atoms with E-state index in [2.05, 4.69) is 10.3 Å². The molecule has 20 heavy (non-hydrogen) atoms. The van der Waals surface area contributed by atoms with E-state index >= 15 is 0 Å². The van der Waals surface area contributed by atoms with Crippen LogP contribution in [-0.2, 0) is 7.05 Å². The SMILES string of the molecule is CNC(=O)c1cc2c(=O)n3cc(C)ccc3nc2n1C. The number of carbonyl (C=O) groups is 1. The zero-order valence-corrected chi connectivity index (χ0v) is 11.5. The Kier molecular flexibility index (Phi) is 2.60. The van der Waals surface area contributed by atoms with Crippen LogP contribution in [0.4, 0.5) is 0 Å². The summed E-state index contributed by atoms with van der Waals surface area (Å²) < 4.78 is 3.14. The van der Waals surface area contributed by atoms with Gasteiger partial charge in [-0.3, -0.25) is 14.0 Å². The average molecular weight is 270 g/mol. The summed E-state index contributed by atoms with van der Waals surface area (Å²) in [7, 11) is 3.28. The normalized spacial score (nSPS) is 11.2. The lowest BCUT2D eigenvalue weighted by molar-refractivity contribution is 0.0955. The van der Waals surface area contributed by atoms with Crippen molar-refractivity contribution in [2.75, 3.05) is 7.05 Å². The van der Waals surface area contributed by atoms with Crippen LogP contribution in [0.2, 0.25) is 0 Å². The fourth-order valence-corrected chi connectivity index (χ4v) is 2.32. The predicted molar refractivity (Wildman–Crippen MR) is 76.1 cm³/mol. The van der Waals surface area contributed by atoms with Crippen molar-refractivity contribution in [2.24, 2.45) is 7.05 Å². The number of rotatable bonds is 1. The molecule has 1 amide bonds. The Morgan fingerprint density at radius 1 is 1.35 bits per heavy atom. The number of amides is 1. The van der Waals surface area contributed by atoms with E-state index in [0.29, 0.717) is 22.4 Å². The first-order valence-electron chi connectivity index (χ1n) is 6.23. The van der Waals surface area contributed by atoms with Gasteiger partial charge in [0, 0.05) is 20.3 Å². The molecule has 0 unspecified atom stereocenters. The monoisotopic (exact) mass is 270 g/mol. The number of fused-ring (bicyclic) bond motifs is 2. The van der Waals surface area contributed by atoms with Gasteiger partial charge in [0.05, 0.1) is 5.39 Å². The molecule has 0 aliphatic carbocycles. The predicted octanol–water partition coefficient (Wildman–Crippen LogP) is 0.854. The van der Waals surface area contributed by atoms with Gasteiger partial charge in [-0.25, -0.2) is 4.98 Å². The Morgan fingerprint density at radius 3 is 2.80 bits per heavy atom. The summed E-state index contributed by atoms with van der Waals surface area (Å²) in [5.41, 5.74) is 2.30. The van der Waals surface area contributed by atoms with Gasteiger partial charge in [-0.1, -0.05) is 6.07 Å². The van der Waals surface area contributed by atoms with E-state index in [0.717, 1.165) is 5.56 Å². The molecule has 6 nitrogen and oxygen atoms in total. The van der Waals surface area contributed by atoms with Crippen LogP contribution < -0.4 is 10.9 Å². The second kappa shape index (κ2) is 4.19. The highest BCUT2D eigenvalue weighted by Gasteiger charge is 2.16. The third-order valence-corrected chi connectivity index (χ3v) is 3.41. The first-order valence-corrected chi connectivity index (χ1v) is 6.23. The molecule has 0 fully saturated rings. The van der Waals surface area contributed by atoms with Gasteiger partial charge in [0.15, 0.2) is 0 Å². The van der Waals surface area contributed by atoms with Crippen LogP contribution >= 0.6 is 0 Å². The maximum absolute atomic E-state index is 12.5. The van der Waals surface area contributed by atoms with Crippen molar-refractivity contribution >= 4 is 22.6 Å². The molecule has 0 saturated heterocycles. The van der Waals surface area contributed by atoms with Gasteiger partial charge in [0.2, 0.25) is 0 Å². The summed E-state index contributed by atoms with van der Waals surface area (Å²) >= 11 is 0. The second-order valence-corrected chi connectivity index (χ2v) is 4.76. The van der Waals surface area contributed by atoms with Crippen LogP contribution in [0, 0.1) is 6.92 Å². The molecule has 1 N–H and O–H groups in total. The molecule has 0 atom stereocenters. The number of hydrogen-bond donors (Lipinski definition) is 1. The van der Waals surface area contributed by atoms with Gasteiger partial charge < -0.3 is 9.88 Å². The maximum Gasteiger partial charge on any atom is 0.267 e. The van der Waals surface area contributed by atoms with Gasteiger partial charge in [0.25, 0.3) is 11.5 Å². The Bertz CT molecular complexity index is 905. The van der Waals surface area contributed by atoms with Crippen molar-refractivity contribution in [1.82, 2.24) is 19.3 Å². The number of hydrogen-bond acceptors (Lipinski definition) is 3. The molecule has 102 valence electrons. The largest absolute Gasteiger partial charge is 0.354 e. The minimum absolute atomic E-state index is 0.167. The lowest BCUT2D eigenvalue weighted by atomic mass is 10.3. The number of carbonyl (C=O) groups excluding carboxylic acids is 1. The van der Waals surface area contributed by atoms with Crippen LogP contribution in [0.25, 0.3) is 16.7 Å². The number of pyridine rings is 1. The molecule has 3 heterocycles. The van der Waals surface area contributed by atoms with E-state index in [1.165, 1.54) is 4.40 Å². The summed E-state index contributed by atoms with van der Waals surface area (Å²) in [4.78, 5) is 28.8. The smallest absolute Gasteiger partial charge is 0.267 e. The minimum atomic E-state index is -0.241. The molecule has 3 aromatic rings. The molecule has 3 rings (SSSR count). The molecule has 0 aliphatic rings. The minimum Gasteiger partial charge on any atom is -0.354 e. The van der Waals surface area contributed by atoms with E-state index in [-0.39, 0.29) is 11.5 Å². The molecule has 3 aromatic heterocycles. The summed E-state index contributed by atoms with van der Waals surface area (Å²) in [6.07, 6.45) is 1.75. The van der Waals surface area contributed by atoms with Crippen LogP contribution in [0.1, 0.15) is 16.1 Å². The van der Waals surface area contributed by atoms with Crippen molar-refractivity contribution < 1.29 is 4.79 Å². The number of nitrogens with one attached hydrogen (secondary N) is 1. The second-order valence-electron chi connectivity index (χ2n) is 4.76. The molecule has 0 bridgehead atoms. The first kappa shape index (κ1) is 12.4. The summed E-state index contributed by atoms with van der Waals surface area (Å²) in [5.74, 6) is -0.241. The summed E-state index contributed by atoms with van der Waals surface area (Å²) in [6.45, 7) is 1.91. The van der Waals surface area contributed by atoms with E-state index in [9.17, 15) is 9.59 Å². The average Bonchev–Trinajstić information content (AvgIpc) is 2.77. The lowest BCUT2D eigenvalue weighted by Crippen LogP contribution is -2.20.